The third-order valence-corrected chi connectivity index (χ3v) is 6.99. The van der Waals surface area contributed by atoms with Crippen molar-refractivity contribution in [3.8, 4) is 5.75 Å². The first-order chi connectivity index (χ1) is 19.6. The van der Waals surface area contributed by atoms with Gasteiger partial charge < -0.3 is 19.5 Å². The largest absolute Gasteiger partial charge is 0.483 e. The van der Waals surface area contributed by atoms with E-state index in [1.165, 1.54) is 10.6 Å². The number of carbonyl (C=O) groups excluding carboxylic acids is 2. The van der Waals surface area contributed by atoms with Gasteiger partial charge in [0.2, 0.25) is 5.43 Å². The average molecular weight is 566 g/mol. The number of amides is 2. The number of hydrogen-bond donors (Lipinski definition) is 1. The van der Waals surface area contributed by atoms with E-state index in [0.29, 0.717) is 13.1 Å². The van der Waals surface area contributed by atoms with Crippen molar-refractivity contribution in [1.82, 2.24) is 14.8 Å². The lowest BCUT2D eigenvalue weighted by Crippen LogP contribution is -2.38. The van der Waals surface area contributed by atoms with Crippen LogP contribution in [0, 0.1) is 17.6 Å². The van der Waals surface area contributed by atoms with Crippen LogP contribution in [0.25, 0.3) is 6.08 Å². The summed E-state index contributed by atoms with van der Waals surface area (Å²) in [4.78, 5) is 42.9. The standard InChI is InChI=1S/C32H37F2N3O4/c1-6-21(4)14-17-26-27(31(39)35-19-23-15-16-24(33)18-25(23)34)29(38)30(41-20-22-12-10-9-11-13-22)28(36(26)5)32(40)37(7-2)8-3/h9-18,21H,6-8,19-20H2,1-5H3,(H,35,39)/b17-14-/t21-/m1/s1. The molecule has 3 aromatic rings. The number of hydrogen-bond acceptors (Lipinski definition) is 4. The third kappa shape index (κ3) is 7.48. The summed E-state index contributed by atoms with van der Waals surface area (Å²) in [6.07, 6.45) is 4.34. The van der Waals surface area contributed by atoms with Gasteiger partial charge in [-0.1, -0.05) is 62.7 Å². The zero-order valence-corrected chi connectivity index (χ0v) is 24.2. The van der Waals surface area contributed by atoms with Crippen LogP contribution in [0.15, 0.2) is 59.4 Å². The Bertz CT molecular complexity index is 1460. The van der Waals surface area contributed by atoms with Crippen molar-refractivity contribution in [1.29, 1.82) is 0 Å². The fourth-order valence-corrected chi connectivity index (χ4v) is 4.28. The second-order valence-electron chi connectivity index (χ2n) is 9.74. The highest BCUT2D eigenvalue weighted by molar-refractivity contribution is 6.01. The Morgan fingerprint density at radius 2 is 1.76 bits per heavy atom. The zero-order chi connectivity index (χ0) is 30.1. The van der Waals surface area contributed by atoms with Gasteiger partial charge in [0.05, 0.1) is 5.69 Å². The van der Waals surface area contributed by atoms with Crippen LogP contribution in [0.4, 0.5) is 8.78 Å². The maximum Gasteiger partial charge on any atom is 0.274 e. The molecule has 1 heterocycles. The molecule has 1 N–H and O–H groups in total. The number of pyridine rings is 1. The highest BCUT2D eigenvalue weighted by Crippen LogP contribution is 2.24. The van der Waals surface area contributed by atoms with E-state index >= 15 is 0 Å². The number of benzene rings is 2. The van der Waals surface area contributed by atoms with Crippen molar-refractivity contribution >= 4 is 17.9 Å². The second-order valence-corrected chi connectivity index (χ2v) is 9.74. The molecule has 1 atom stereocenters. The van der Waals surface area contributed by atoms with Gasteiger partial charge in [-0.3, -0.25) is 14.4 Å². The molecule has 3 rings (SSSR count). The predicted molar refractivity (Wildman–Crippen MR) is 156 cm³/mol. The Morgan fingerprint density at radius 3 is 2.37 bits per heavy atom. The molecule has 2 amide bonds. The SMILES string of the molecule is CC[C@@H](C)/C=C\c1c(C(=O)NCc2ccc(F)cc2F)c(=O)c(OCc2ccccc2)c(C(=O)N(CC)CC)n1C. The topological polar surface area (TPSA) is 80.6 Å². The summed E-state index contributed by atoms with van der Waals surface area (Å²) >= 11 is 0. The number of ether oxygens (including phenoxy) is 1. The Morgan fingerprint density at radius 1 is 1.07 bits per heavy atom. The van der Waals surface area contributed by atoms with E-state index in [1.807, 2.05) is 64.1 Å². The summed E-state index contributed by atoms with van der Waals surface area (Å²) in [5.41, 5.74) is 0.0788. The van der Waals surface area contributed by atoms with Gasteiger partial charge in [-0.2, -0.15) is 0 Å². The molecule has 0 fully saturated rings. The fourth-order valence-electron chi connectivity index (χ4n) is 4.28. The lowest BCUT2D eigenvalue weighted by Gasteiger charge is -2.24. The highest BCUT2D eigenvalue weighted by Gasteiger charge is 2.30. The number of aromatic nitrogens is 1. The summed E-state index contributed by atoms with van der Waals surface area (Å²) in [7, 11) is 1.61. The van der Waals surface area contributed by atoms with Crippen LogP contribution in [0.5, 0.6) is 5.75 Å². The first-order valence-electron chi connectivity index (χ1n) is 13.8. The fraction of sp³-hybridized carbons (Fsp3) is 0.344. The van der Waals surface area contributed by atoms with Crippen molar-refractivity contribution in [3.63, 3.8) is 0 Å². The van der Waals surface area contributed by atoms with Gasteiger partial charge in [0.25, 0.3) is 11.8 Å². The van der Waals surface area contributed by atoms with Crippen LogP contribution in [-0.4, -0.2) is 34.4 Å². The lowest BCUT2D eigenvalue weighted by molar-refractivity contribution is 0.0754. The molecule has 0 saturated heterocycles. The van der Waals surface area contributed by atoms with Gasteiger partial charge in [-0.25, -0.2) is 8.78 Å². The number of nitrogens with one attached hydrogen (secondary N) is 1. The average Bonchev–Trinajstić information content (AvgIpc) is 2.96. The summed E-state index contributed by atoms with van der Waals surface area (Å²) in [5.74, 6) is -2.85. The summed E-state index contributed by atoms with van der Waals surface area (Å²) in [6, 6.07) is 12.2. The van der Waals surface area contributed by atoms with Crippen molar-refractivity contribution in [2.45, 2.75) is 47.3 Å². The van der Waals surface area contributed by atoms with E-state index in [4.69, 9.17) is 4.74 Å². The van der Waals surface area contributed by atoms with Crippen LogP contribution in [0.3, 0.4) is 0 Å². The molecular weight excluding hydrogens is 528 g/mol. The van der Waals surface area contributed by atoms with Crippen LogP contribution in [0.2, 0.25) is 0 Å². The van der Waals surface area contributed by atoms with E-state index in [9.17, 15) is 23.2 Å². The summed E-state index contributed by atoms with van der Waals surface area (Å²) in [5, 5.41) is 2.58. The van der Waals surface area contributed by atoms with E-state index in [0.717, 1.165) is 24.1 Å². The Kier molecular flexibility index (Phi) is 11.0. The molecule has 0 spiro atoms. The zero-order valence-electron chi connectivity index (χ0n) is 24.2. The van der Waals surface area contributed by atoms with Crippen LogP contribution < -0.4 is 15.5 Å². The number of nitrogens with zero attached hydrogens (tertiary/aromatic N) is 2. The monoisotopic (exact) mass is 565 g/mol. The molecule has 0 bridgehead atoms. The van der Waals surface area contributed by atoms with Gasteiger partial charge >= 0.3 is 0 Å². The first-order valence-corrected chi connectivity index (χ1v) is 13.8. The van der Waals surface area contributed by atoms with Crippen molar-refractivity contribution < 1.29 is 23.1 Å². The number of halogens is 2. The van der Waals surface area contributed by atoms with Gasteiger partial charge in [0.15, 0.2) is 11.4 Å². The molecule has 218 valence electrons. The van der Waals surface area contributed by atoms with Crippen LogP contribution in [0.1, 0.15) is 71.8 Å². The van der Waals surface area contributed by atoms with Crippen LogP contribution in [-0.2, 0) is 20.2 Å². The Balaban J connectivity index is 2.19. The third-order valence-electron chi connectivity index (χ3n) is 6.99. The van der Waals surface area contributed by atoms with E-state index in [1.54, 1.807) is 18.0 Å². The Hall–Kier alpha value is -4.27. The number of allylic oxidation sites excluding steroid dienone is 1. The number of rotatable bonds is 12. The van der Waals surface area contributed by atoms with Crippen molar-refractivity contribution in [3.05, 3.63) is 105 Å². The molecule has 0 aliphatic carbocycles. The smallest absolute Gasteiger partial charge is 0.274 e. The predicted octanol–water partition coefficient (Wildman–Crippen LogP) is 5.71. The number of carbonyl (C=O) groups is 2. The minimum Gasteiger partial charge on any atom is -0.483 e. The molecule has 0 radical (unpaired) electrons. The molecule has 0 aliphatic rings. The maximum atomic E-state index is 14.3. The molecule has 0 unspecified atom stereocenters. The lowest BCUT2D eigenvalue weighted by atomic mass is 10.0. The second kappa shape index (κ2) is 14.4. The molecule has 2 aromatic carbocycles. The molecular formula is C32H37F2N3O4. The molecule has 0 saturated carbocycles. The normalized spacial score (nSPS) is 11.9. The quantitative estimate of drug-likeness (QED) is 0.305. The minimum atomic E-state index is -0.817. The molecule has 0 aliphatic heterocycles. The van der Waals surface area contributed by atoms with Crippen LogP contribution >= 0.6 is 0 Å². The van der Waals surface area contributed by atoms with E-state index in [2.05, 4.69) is 5.32 Å². The molecule has 9 heteroatoms. The Labute approximate surface area is 239 Å². The van der Waals surface area contributed by atoms with Gasteiger partial charge in [0, 0.05) is 38.3 Å². The van der Waals surface area contributed by atoms with Gasteiger partial charge in [-0.15, -0.1) is 0 Å². The van der Waals surface area contributed by atoms with Crippen molar-refractivity contribution in [2.24, 2.45) is 13.0 Å². The summed E-state index contributed by atoms with van der Waals surface area (Å²) < 4.78 is 35.1. The van der Waals surface area contributed by atoms with Gasteiger partial charge in [0.1, 0.15) is 23.8 Å². The van der Waals surface area contributed by atoms with E-state index in [-0.39, 0.29) is 47.3 Å². The first kappa shape index (κ1) is 31.3. The van der Waals surface area contributed by atoms with Crippen molar-refractivity contribution in [2.75, 3.05) is 13.1 Å². The summed E-state index contributed by atoms with van der Waals surface area (Å²) in [6.45, 7) is 8.21. The van der Waals surface area contributed by atoms with Gasteiger partial charge in [-0.05, 0) is 37.5 Å². The highest BCUT2D eigenvalue weighted by atomic mass is 19.1. The molecule has 7 nitrogen and oxygen atoms in total. The minimum absolute atomic E-state index is 0.00147. The molecule has 1 aromatic heterocycles. The van der Waals surface area contributed by atoms with E-state index < -0.39 is 28.9 Å². The maximum absolute atomic E-state index is 14.3. The molecule has 41 heavy (non-hydrogen) atoms.